The minimum absolute atomic E-state index is 0.190. The smallest absolute Gasteiger partial charge is 0.258 e. The van der Waals surface area contributed by atoms with Crippen molar-refractivity contribution in [2.24, 2.45) is 0 Å². The summed E-state index contributed by atoms with van der Waals surface area (Å²) in [7, 11) is 3.13. The maximum atomic E-state index is 12.2. The summed E-state index contributed by atoms with van der Waals surface area (Å²) in [6.45, 7) is 0. The Morgan fingerprint density at radius 1 is 1.12 bits per heavy atom. The van der Waals surface area contributed by atoms with E-state index in [4.69, 9.17) is 9.47 Å². The molecule has 3 aromatic rings. The van der Waals surface area contributed by atoms with E-state index >= 15 is 0 Å². The summed E-state index contributed by atoms with van der Waals surface area (Å²) < 4.78 is 11.3. The number of methoxy groups -OCH3 is 2. The minimum Gasteiger partial charge on any atom is -0.493 e. The number of carbonyl (C=O) groups excluding carboxylic acids is 1. The van der Waals surface area contributed by atoms with Gasteiger partial charge in [0.1, 0.15) is 0 Å². The second-order valence-electron chi connectivity index (χ2n) is 5.04. The molecule has 0 aliphatic heterocycles. The van der Waals surface area contributed by atoms with Crippen LogP contribution in [0.4, 0.5) is 5.95 Å². The van der Waals surface area contributed by atoms with Gasteiger partial charge in [-0.05, 0) is 36.4 Å². The van der Waals surface area contributed by atoms with Crippen LogP contribution in [-0.2, 0) is 0 Å². The molecule has 0 unspecified atom stereocenters. The summed E-state index contributed by atoms with van der Waals surface area (Å²) >= 11 is 3.34. The predicted octanol–water partition coefficient (Wildman–Crippen LogP) is 3.50. The second-order valence-corrected chi connectivity index (χ2v) is 5.96. The highest BCUT2D eigenvalue weighted by Gasteiger charge is 2.13. The van der Waals surface area contributed by atoms with Crippen LogP contribution in [0, 0.1) is 0 Å². The standard InChI is InChI=1S/C17H15BrN4O3/c1-24-13-7-6-10(9-14(13)25-2)15-19-17(22-21-15)20-16(23)11-4-3-5-12(18)8-11/h3-9H,1-2H3,(H2,19,20,21,22,23). The topological polar surface area (TPSA) is 89.1 Å². The van der Waals surface area contributed by atoms with Crippen molar-refractivity contribution >= 4 is 27.8 Å². The van der Waals surface area contributed by atoms with Gasteiger partial charge in [-0.1, -0.05) is 22.0 Å². The first-order chi connectivity index (χ1) is 12.1. The van der Waals surface area contributed by atoms with Crippen LogP contribution in [0.25, 0.3) is 11.4 Å². The summed E-state index contributed by atoms with van der Waals surface area (Å²) in [6, 6.07) is 12.4. The summed E-state index contributed by atoms with van der Waals surface area (Å²) in [4.78, 5) is 16.5. The molecular weight excluding hydrogens is 388 g/mol. The number of H-pyrrole nitrogens is 1. The summed E-state index contributed by atoms with van der Waals surface area (Å²) in [5.41, 5.74) is 1.26. The van der Waals surface area contributed by atoms with Gasteiger partial charge >= 0.3 is 0 Å². The Labute approximate surface area is 152 Å². The predicted molar refractivity (Wildman–Crippen MR) is 97.0 cm³/mol. The van der Waals surface area contributed by atoms with Crippen LogP contribution in [0.1, 0.15) is 10.4 Å². The molecule has 0 aliphatic rings. The fourth-order valence-electron chi connectivity index (χ4n) is 2.23. The first-order valence-corrected chi connectivity index (χ1v) is 8.11. The fourth-order valence-corrected chi connectivity index (χ4v) is 2.63. The molecule has 2 aromatic carbocycles. The van der Waals surface area contributed by atoms with E-state index in [9.17, 15) is 4.79 Å². The Morgan fingerprint density at radius 3 is 2.64 bits per heavy atom. The van der Waals surface area contributed by atoms with E-state index in [1.807, 2.05) is 12.1 Å². The zero-order valence-corrected chi connectivity index (χ0v) is 15.1. The minimum atomic E-state index is -0.292. The molecule has 7 nitrogen and oxygen atoms in total. The van der Waals surface area contributed by atoms with Crippen molar-refractivity contribution in [3.63, 3.8) is 0 Å². The van der Waals surface area contributed by atoms with Gasteiger partial charge in [0, 0.05) is 15.6 Å². The Hall–Kier alpha value is -2.87. The molecule has 0 fully saturated rings. The molecular formula is C17H15BrN4O3. The number of anilines is 1. The summed E-state index contributed by atoms with van der Waals surface area (Å²) in [5.74, 6) is 1.60. The van der Waals surface area contributed by atoms with Crippen molar-refractivity contribution in [2.75, 3.05) is 19.5 Å². The fraction of sp³-hybridized carbons (Fsp3) is 0.118. The molecule has 1 aromatic heterocycles. The molecule has 25 heavy (non-hydrogen) atoms. The van der Waals surface area contributed by atoms with E-state index in [1.165, 1.54) is 0 Å². The number of hydrogen-bond acceptors (Lipinski definition) is 5. The van der Waals surface area contributed by atoms with Gasteiger partial charge in [-0.2, -0.15) is 4.98 Å². The van der Waals surface area contributed by atoms with Crippen molar-refractivity contribution in [3.8, 4) is 22.9 Å². The van der Waals surface area contributed by atoms with Crippen LogP contribution in [0.15, 0.2) is 46.9 Å². The molecule has 8 heteroatoms. The van der Waals surface area contributed by atoms with E-state index in [1.54, 1.807) is 44.6 Å². The SMILES string of the molecule is COc1ccc(-c2nc(NC(=O)c3cccc(Br)c3)n[nH]2)cc1OC. The van der Waals surface area contributed by atoms with Crippen LogP contribution in [0.3, 0.4) is 0 Å². The lowest BCUT2D eigenvalue weighted by Gasteiger charge is -2.07. The average Bonchev–Trinajstić information content (AvgIpc) is 3.09. The van der Waals surface area contributed by atoms with Gasteiger partial charge in [0.25, 0.3) is 5.91 Å². The largest absolute Gasteiger partial charge is 0.493 e. The first kappa shape index (κ1) is 17.0. The van der Waals surface area contributed by atoms with Crippen molar-refractivity contribution in [3.05, 3.63) is 52.5 Å². The van der Waals surface area contributed by atoms with E-state index in [2.05, 4.69) is 36.4 Å². The molecule has 0 saturated carbocycles. The molecule has 0 spiro atoms. The number of rotatable bonds is 5. The molecule has 0 saturated heterocycles. The molecule has 2 N–H and O–H groups in total. The van der Waals surface area contributed by atoms with Crippen LogP contribution >= 0.6 is 15.9 Å². The maximum absolute atomic E-state index is 12.2. The monoisotopic (exact) mass is 402 g/mol. The normalized spacial score (nSPS) is 10.4. The van der Waals surface area contributed by atoms with Gasteiger partial charge in [0.15, 0.2) is 17.3 Å². The molecule has 0 bridgehead atoms. The quantitative estimate of drug-likeness (QED) is 0.681. The number of aromatic amines is 1. The number of ether oxygens (including phenoxy) is 2. The van der Waals surface area contributed by atoms with Crippen LogP contribution < -0.4 is 14.8 Å². The first-order valence-electron chi connectivity index (χ1n) is 7.32. The molecule has 1 amide bonds. The van der Waals surface area contributed by atoms with E-state index in [0.717, 1.165) is 10.0 Å². The molecule has 1 heterocycles. The number of aromatic nitrogens is 3. The van der Waals surface area contributed by atoms with Crippen LogP contribution in [0.2, 0.25) is 0 Å². The second kappa shape index (κ2) is 7.35. The Morgan fingerprint density at radius 2 is 1.92 bits per heavy atom. The van der Waals surface area contributed by atoms with E-state index < -0.39 is 0 Å². The molecule has 3 rings (SSSR count). The molecule has 128 valence electrons. The maximum Gasteiger partial charge on any atom is 0.258 e. The Bertz CT molecular complexity index is 910. The van der Waals surface area contributed by atoms with Gasteiger partial charge in [0.2, 0.25) is 5.95 Å². The van der Waals surface area contributed by atoms with Crippen LogP contribution in [0.5, 0.6) is 11.5 Å². The van der Waals surface area contributed by atoms with Crippen LogP contribution in [-0.4, -0.2) is 35.3 Å². The zero-order valence-electron chi connectivity index (χ0n) is 13.5. The average molecular weight is 403 g/mol. The number of amides is 1. The van der Waals surface area contributed by atoms with Gasteiger partial charge in [-0.3, -0.25) is 15.2 Å². The lowest BCUT2D eigenvalue weighted by Crippen LogP contribution is -2.12. The Kier molecular flexibility index (Phi) is 4.99. The molecule has 0 radical (unpaired) electrons. The van der Waals surface area contributed by atoms with Crippen molar-refractivity contribution in [1.82, 2.24) is 15.2 Å². The van der Waals surface area contributed by atoms with Crippen molar-refractivity contribution in [1.29, 1.82) is 0 Å². The van der Waals surface area contributed by atoms with Gasteiger partial charge < -0.3 is 9.47 Å². The third-order valence-corrected chi connectivity index (χ3v) is 3.95. The van der Waals surface area contributed by atoms with Crippen molar-refractivity contribution in [2.45, 2.75) is 0 Å². The highest BCUT2D eigenvalue weighted by atomic mass is 79.9. The number of hydrogen-bond donors (Lipinski definition) is 2. The summed E-state index contributed by atoms with van der Waals surface area (Å²) in [5, 5.41) is 9.48. The highest BCUT2D eigenvalue weighted by molar-refractivity contribution is 9.10. The lowest BCUT2D eigenvalue weighted by atomic mass is 10.2. The van der Waals surface area contributed by atoms with Gasteiger partial charge in [-0.15, -0.1) is 5.10 Å². The van der Waals surface area contributed by atoms with E-state index in [0.29, 0.717) is 22.9 Å². The third-order valence-electron chi connectivity index (χ3n) is 3.45. The zero-order chi connectivity index (χ0) is 17.8. The number of nitrogens with zero attached hydrogens (tertiary/aromatic N) is 2. The van der Waals surface area contributed by atoms with Gasteiger partial charge in [-0.25, -0.2) is 0 Å². The van der Waals surface area contributed by atoms with Gasteiger partial charge in [0.05, 0.1) is 14.2 Å². The number of carbonyl (C=O) groups is 1. The highest BCUT2D eigenvalue weighted by Crippen LogP contribution is 2.31. The summed E-state index contributed by atoms with van der Waals surface area (Å²) in [6.07, 6.45) is 0. The van der Waals surface area contributed by atoms with E-state index in [-0.39, 0.29) is 11.9 Å². The Balaban J connectivity index is 1.79. The third kappa shape index (κ3) is 3.80. The molecule has 0 aliphatic carbocycles. The van der Waals surface area contributed by atoms with Crippen molar-refractivity contribution < 1.29 is 14.3 Å². The number of benzene rings is 2. The number of halogens is 1. The molecule has 0 atom stereocenters. The lowest BCUT2D eigenvalue weighted by molar-refractivity contribution is 0.102. The number of nitrogens with one attached hydrogen (secondary N) is 2.